The molecule has 0 spiro atoms. The predicted molar refractivity (Wildman–Crippen MR) is 75.4 cm³/mol. The Hall–Kier alpha value is -1.06. The Kier molecular flexibility index (Phi) is 4.04. The van der Waals surface area contributed by atoms with Crippen LogP contribution in [-0.4, -0.2) is 36.8 Å². The van der Waals surface area contributed by atoms with Crippen molar-refractivity contribution in [1.82, 2.24) is 4.90 Å². The van der Waals surface area contributed by atoms with Crippen molar-refractivity contribution in [3.05, 3.63) is 29.8 Å². The number of hydrogen-bond acceptors (Lipinski definition) is 3. The van der Waals surface area contributed by atoms with Crippen LogP contribution in [0.1, 0.15) is 31.7 Å². The van der Waals surface area contributed by atoms with Crippen molar-refractivity contribution in [1.29, 1.82) is 0 Å². The van der Waals surface area contributed by atoms with Crippen LogP contribution in [0.25, 0.3) is 0 Å². The van der Waals surface area contributed by atoms with Gasteiger partial charge in [-0.15, -0.1) is 0 Å². The van der Waals surface area contributed by atoms with E-state index in [0.29, 0.717) is 6.10 Å². The Labute approximate surface area is 115 Å². The summed E-state index contributed by atoms with van der Waals surface area (Å²) in [5, 5.41) is 0. The van der Waals surface area contributed by atoms with Gasteiger partial charge in [0.1, 0.15) is 18.0 Å². The average Bonchev–Trinajstić information content (AvgIpc) is 3.24. The lowest BCUT2D eigenvalue weighted by molar-refractivity contribution is 0.175. The van der Waals surface area contributed by atoms with E-state index >= 15 is 0 Å². The van der Waals surface area contributed by atoms with Crippen molar-refractivity contribution >= 4 is 0 Å². The molecule has 1 aromatic carbocycles. The van der Waals surface area contributed by atoms with Crippen LogP contribution in [0.5, 0.6) is 5.75 Å². The van der Waals surface area contributed by atoms with Crippen molar-refractivity contribution in [2.75, 3.05) is 19.7 Å². The first-order valence-electron chi connectivity index (χ1n) is 7.41. The van der Waals surface area contributed by atoms with Gasteiger partial charge in [0.05, 0.1) is 6.61 Å². The highest BCUT2D eigenvalue weighted by Gasteiger charge is 2.31. The summed E-state index contributed by atoms with van der Waals surface area (Å²) in [5.74, 6) is 0.970. The monoisotopic (exact) mass is 261 g/mol. The Morgan fingerprint density at radius 3 is 2.84 bits per heavy atom. The van der Waals surface area contributed by atoms with E-state index in [-0.39, 0.29) is 6.10 Å². The van der Waals surface area contributed by atoms with Crippen LogP contribution in [0.3, 0.4) is 0 Å². The summed E-state index contributed by atoms with van der Waals surface area (Å²) in [4.78, 5) is 2.54. The second-order valence-electron chi connectivity index (χ2n) is 5.68. The van der Waals surface area contributed by atoms with Gasteiger partial charge in [-0.05, 0) is 50.6 Å². The first-order chi connectivity index (χ1) is 9.31. The van der Waals surface area contributed by atoms with Crippen LogP contribution in [-0.2, 0) is 11.3 Å². The third-order valence-corrected chi connectivity index (χ3v) is 3.96. The lowest BCUT2D eigenvalue weighted by Crippen LogP contribution is -2.29. The minimum absolute atomic E-state index is 0.158. The minimum Gasteiger partial charge on any atom is -0.488 e. The van der Waals surface area contributed by atoms with Gasteiger partial charge in [-0.25, -0.2) is 0 Å². The molecular weight excluding hydrogens is 238 g/mol. The van der Waals surface area contributed by atoms with E-state index in [1.165, 1.54) is 37.9 Å². The van der Waals surface area contributed by atoms with E-state index in [1.807, 2.05) is 6.07 Å². The molecule has 2 aliphatic rings. The molecule has 19 heavy (non-hydrogen) atoms. The van der Waals surface area contributed by atoms with E-state index in [1.54, 1.807) is 0 Å². The zero-order chi connectivity index (χ0) is 13.1. The van der Waals surface area contributed by atoms with Crippen molar-refractivity contribution in [3.63, 3.8) is 0 Å². The molecule has 104 valence electrons. The maximum absolute atomic E-state index is 5.92. The van der Waals surface area contributed by atoms with E-state index in [0.717, 1.165) is 18.9 Å². The molecule has 2 saturated heterocycles. The van der Waals surface area contributed by atoms with Gasteiger partial charge in [0, 0.05) is 6.54 Å². The molecule has 0 N–H and O–H groups in total. The summed E-state index contributed by atoms with van der Waals surface area (Å²) in [6, 6.07) is 8.50. The number of ether oxygens (including phenoxy) is 2. The van der Waals surface area contributed by atoms with Crippen molar-refractivity contribution in [3.8, 4) is 5.75 Å². The molecule has 0 aliphatic carbocycles. The summed E-state index contributed by atoms with van der Waals surface area (Å²) in [5.41, 5.74) is 1.35. The highest BCUT2D eigenvalue weighted by molar-refractivity contribution is 5.28. The zero-order valence-electron chi connectivity index (χ0n) is 11.7. The molecule has 1 aromatic rings. The summed E-state index contributed by atoms with van der Waals surface area (Å²) in [6.07, 6.45) is 4.52. The Bertz CT molecular complexity index is 411. The van der Waals surface area contributed by atoms with Gasteiger partial charge < -0.3 is 9.47 Å². The second kappa shape index (κ2) is 5.93. The molecule has 3 rings (SSSR count). The van der Waals surface area contributed by atoms with Crippen molar-refractivity contribution in [2.45, 2.75) is 44.9 Å². The minimum atomic E-state index is 0.158. The quantitative estimate of drug-likeness (QED) is 0.762. The van der Waals surface area contributed by atoms with Gasteiger partial charge in [-0.2, -0.15) is 0 Å². The molecule has 0 amide bonds. The van der Waals surface area contributed by atoms with Crippen LogP contribution >= 0.6 is 0 Å². The third-order valence-electron chi connectivity index (χ3n) is 3.96. The number of benzene rings is 1. The zero-order valence-corrected chi connectivity index (χ0v) is 11.7. The van der Waals surface area contributed by atoms with Crippen LogP contribution in [0, 0.1) is 0 Å². The van der Waals surface area contributed by atoms with Crippen LogP contribution in [0.4, 0.5) is 0 Å². The van der Waals surface area contributed by atoms with Gasteiger partial charge in [0.15, 0.2) is 0 Å². The summed E-state index contributed by atoms with van der Waals surface area (Å²) >= 11 is 0. The largest absolute Gasteiger partial charge is 0.488 e. The van der Waals surface area contributed by atoms with E-state index < -0.39 is 0 Å². The first-order valence-corrected chi connectivity index (χ1v) is 7.41. The topological polar surface area (TPSA) is 25.0 Å². The molecule has 0 saturated carbocycles. The Morgan fingerprint density at radius 2 is 2.11 bits per heavy atom. The average molecular weight is 261 g/mol. The number of likely N-dealkylation sites (tertiary alicyclic amines) is 1. The molecular formula is C16H23NO2. The number of epoxide rings is 1. The fourth-order valence-corrected chi connectivity index (χ4v) is 2.71. The molecule has 2 heterocycles. The number of rotatable bonds is 5. The Morgan fingerprint density at radius 1 is 1.32 bits per heavy atom. The van der Waals surface area contributed by atoms with E-state index in [4.69, 9.17) is 9.47 Å². The summed E-state index contributed by atoms with van der Waals surface area (Å²) in [6.45, 7) is 6.43. The van der Waals surface area contributed by atoms with Crippen LogP contribution < -0.4 is 4.74 Å². The van der Waals surface area contributed by atoms with Gasteiger partial charge >= 0.3 is 0 Å². The lowest BCUT2D eigenvalue weighted by Gasteiger charge is -2.26. The van der Waals surface area contributed by atoms with Gasteiger partial charge in [0.2, 0.25) is 0 Å². The van der Waals surface area contributed by atoms with Crippen LogP contribution in [0.15, 0.2) is 24.3 Å². The fourth-order valence-electron chi connectivity index (χ4n) is 2.71. The van der Waals surface area contributed by atoms with Crippen molar-refractivity contribution < 1.29 is 9.47 Å². The third kappa shape index (κ3) is 3.71. The van der Waals surface area contributed by atoms with Gasteiger partial charge in [-0.3, -0.25) is 4.90 Å². The molecule has 2 aliphatic heterocycles. The first kappa shape index (κ1) is 12.9. The molecule has 0 aromatic heterocycles. The molecule has 2 unspecified atom stereocenters. The van der Waals surface area contributed by atoms with Crippen LogP contribution in [0.2, 0.25) is 0 Å². The highest BCUT2D eigenvalue weighted by Crippen LogP contribution is 2.22. The molecule has 0 bridgehead atoms. The maximum Gasteiger partial charge on any atom is 0.124 e. The number of hydrogen-bond donors (Lipinski definition) is 0. The SMILES string of the molecule is CC(Oc1cccc(CN2CCCCC2)c1)C1CO1. The molecule has 3 nitrogen and oxygen atoms in total. The predicted octanol–water partition coefficient (Wildman–Crippen LogP) is 2.84. The smallest absolute Gasteiger partial charge is 0.124 e. The molecule has 3 heteroatoms. The second-order valence-corrected chi connectivity index (χ2v) is 5.68. The molecule has 2 fully saturated rings. The van der Waals surface area contributed by atoms with Crippen molar-refractivity contribution in [2.24, 2.45) is 0 Å². The lowest BCUT2D eigenvalue weighted by atomic mass is 10.1. The maximum atomic E-state index is 5.92. The molecule has 0 radical (unpaired) electrons. The van der Waals surface area contributed by atoms with Gasteiger partial charge in [-0.1, -0.05) is 18.6 Å². The molecule has 2 atom stereocenters. The Balaban J connectivity index is 1.58. The standard InChI is InChI=1S/C16H23NO2/c1-13(16-12-18-16)19-15-7-5-6-14(10-15)11-17-8-3-2-4-9-17/h5-7,10,13,16H,2-4,8-9,11-12H2,1H3. The number of piperidine rings is 1. The van der Waals surface area contributed by atoms with E-state index in [2.05, 4.69) is 30.0 Å². The number of nitrogens with zero attached hydrogens (tertiary/aromatic N) is 1. The highest BCUT2D eigenvalue weighted by atomic mass is 16.6. The fraction of sp³-hybridized carbons (Fsp3) is 0.625. The van der Waals surface area contributed by atoms with E-state index in [9.17, 15) is 0 Å². The normalized spacial score (nSPS) is 25.0. The van der Waals surface area contributed by atoms with Gasteiger partial charge in [0.25, 0.3) is 0 Å². The summed E-state index contributed by atoms with van der Waals surface area (Å²) in [7, 11) is 0. The summed E-state index contributed by atoms with van der Waals surface area (Å²) < 4.78 is 11.2.